The highest BCUT2D eigenvalue weighted by Gasteiger charge is 2.19. The van der Waals surface area contributed by atoms with Crippen LogP contribution >= 0.6 is 11.3 Å². The quantitative estimate of drug-likeness (QED) is 0.411. The molecule has 1 aliphatic rings. The van der Waals surface area contributed by atoms with Crippen molar-refractivity contribution in [1.82, 2.24) is 19.5 Å². The molecule has 8 heteroatoms. The molecule has 0 spiro atoms. The number of fused-ring (bicyclic) bond motifs is 1. The summed E-state index contributed by atoms with van der Waals surface area (Å²) in [5, 5.41) is 9.09. The van der Waals surface area contributed by atoms with Crippen molar-refractivity contribution in [3.8, 4) is 0 Å². The lowest BCUT2D eigenvalue weighted by molar-refractivity contribution is 0.102. The second-order valence-electron chi connectivity index (χ2n) is 8.12. The molecule has 1 fully saturated rings. The van der Waals surface area contributed by atoms with Crippen molar-refractivity contribution < 1.29 is 4.79 Å². The number of nitrogens with one attached hydrogen (secondary N) is 2. The van der Waals surface area contributed by atoms with Gasteiger partial charge in [-0.25, -0.2) is 9.97 Å². The van der Waals surface area contributed by atoms with Crippen LogP contribution in [0.25, 0.3) is 11.0 Å². The molecule has 5 rings (SSSR count). The number of carbonyl (C=O) groups excluding carboxylic acids is 1. The Labute approximate surface area is 190 Å². The number of nitrogens with zero attached hydrogens (tertiary/aromatic N) is 4. The maximum absolute atomic E-state index is 13.0. The molecule has 0 aliphatic heterocycles. The molecule has 1 amide bonds. The topological polar surface area (TPSA) is 84.7 Å². The van der Waals surface area contributed by atoms with Crippen molar-refractivity contribution in [3.63, 3.8) is 0 Å². The SMILES string of the molecule is O=C(Nc1nc2ccccc2n1CCc1ccccn1)c1csc(NC2CCCCC2)n1. The Morgan fingerprint density at radius 3 is 2.75 bits per heavy atom. The zero-order chi connectivity index (χ0) is 21.8. The van der Waals surface area contributed by atoms with Gasteiger partial charge in [-0.05, 0) is 37.1 Å². The second kappa shape index (κ2) is 9.48. The number of benzene rings is 1. The molecule has 0 saturated heterocycles. The van der Waals surface area contributed by atoms with Gasteiger partial charge in [-0.1, -0.05) is 37.5 Å². The van der Waals surface area contributed by atoms with E-state index in [0.29, 0.717) is 24.2 Å². The highest BCUT2D eigenvalue weighted by molar-refractivity contribution is 7.13. The predicted octanol–water partition coefficient (Wildman–Crippen LogP) is 5.13. The number of pyridine rings is 1. The number of carbonyl (C=O) groups is 1. The van der Waals surface area contributed by atoms with E-state index >= 15 is 0 Å². The fourth-order valence-corrected chi connectivity index (χ4v) is 4.97. The third-order valence-corrected chi connectivity index (χ3v) is 6.64. The smallest absolute Gasteiger partial charge is 0.277 e. The summed E-state index contributed by atoms with van der Waals surface area (Å²) in [6.07, 6.45) is 8.70. The Bertz CT molecular complexity index is 1200. The van der Waals surface area contributed by atoms with E-state index < -0.39 is 0 Å². The summed E-state index contributed by atoms with van der Waals surface area (Å²) in [6, 6.07) is 14.3. The average Bonchev–Trinajstić information content (AvgIpc) is 3.43. The van der Waals surface area contributed by atoms with Crippen LogP contribution in [0.3, 0.4) is 0 Å². The monoisotopic (exact) mass is 446 g/mol. The third-order valence-electron chi connectivity index (χ3n) is 5.87. The Hall–Kier alpha value is -3.26. The van der Waals surface area contributed by atoms with Crippen LogP contribution in [0.15, 0.2) is 54.0 Å². The summed E-state index contributed by atoms with van der Waals surface area (Å²) in [6.45, 7) is 0.665. The highest BCUT2D eigenvalue weighted by atomic mass is 32.1. The second-order valence-corrected chi connectivity index (χ2v) is 8.98. The normalized spacial score (nSPS) is 14.5. The zero-order valence-corrected chi connectivity index (χ0v) is 18.6. The number of thiazole rings is 1. The summed E-state index contributed by atoms with van der Waals surface area (Å²) in [5.74, 6) is 0.286. The van der Waals surface area contributed by atoms with Crippen molar-refractivity contribution in [1.29, 1.82) is 0 Å². The summed E-state index contributed by atoms with van der Waals surface area (Å²) >= 11 is 1.48. The highest BCUT2D eigenvalue weighted by Crippen LogP contribution is 2.25. The van der Waals surface area contributed by atoms with Crippen LogP contribution in [0, 0.1) is 0 Å². The Balaban J connectivity index is 1.32. The summed E-state index contributed by atoms with van der Waals surface area (Å²) in [5.41, 5.74) is 3.25. The molecular formula is C24H26N6OS. The van der Waals surface area contributed by atoms with E-state index in [-0.39, 0.29) is 5.91 Å². The van der Waals surface area contributed by atoms with Gasteiger partial charge in [0, 0.05) is 36.3 Å². The predicted molar refractivity (Wildman–Crippen MR) is 128 cm³/mol. The van der Waals surface area contributed by atoms with Gasteiger partial charge in [-0.2, -0.15) is 0 Å². The molecule has 7 nitrogen and oxygen atoms in total. The van der Waals surface area contributed by atoms with Crippen molar-refractivity contribution in [2.24, 2.45) is 0 Å². The van der Waals surface area contributed by atoms with E-state index in [1.807, 2.05) is 47.0 Å². The van der Waals surface area contributed by atoms with Crippen molar-refractivity contribution in [3.05, 3.63) is 65.4 Å². The Morgan fingerprint density at radius 1 is 1.06 bits per heavy atom. The minimum absolute atomic E-state index is 0.243. The standard InChI is InChI=1S/C24H26N6OS/c31-22(20-16-32-24(28-20)26-18-9-2-1-3-10-18)29-23-27-19-11-4-5-12-21(19)30(23)15-13-17-8-6-7-14-25-17/h4-8,11-12,14,16,18H,1-3,9-10,13,15H2,(H,26,28)(H,27,29,31). The molecule has 0 radical (unpaired) electrons. The number of aromatic nitrogens is 4. The van der Waals surface area contributed by atoms with Gasteiger partial charge < -0.3 is 9.88 Å². The lowest BCUT2D eigenvalue weighted by atomic mass is 9.96. The van der Waals surface area contributed by atoms with Crippen molar-refractivity contribution in [2.45, 2.75) is 51.1 Å². The molecule has 0 bridgehead atoms. The van der Waals surface area contributed by atoms with E-state index in [0.717, 1.165) is 28.3 Å². The number of imidazole rings is 1. The van der Waals surface area contributed by atoms with Gasteiger partial charge in [0.2, 0.25) is 5.95 Å². The van der Waals surface area contributed by atoms with Crippen LogP contribution in [-0.4, -0.2) is 31.5 Å². The molecule has 2 N–H and O–H groups in total. The summed E-state index contributed by atoms with van der Waals surface area (Å²) in [7, 11) is 0. The van der Waals surface area contributed by atoms with Crippen LogP contribution in [0.4, 0.5) is 11.1 Å². The van der Waals surface area contributed by atoms with E-state index in [9.17, 15) is 4.79 Å². The molecule has 1 aromatic carbocycles. The number of hydrogen-bond acceptors (Lipinski definition) is 6. The minimum Gasteiger partial charge on any atom is -0.359 e. The van der Waals surface area contributed by atoms with Gasteiger partial charge in [0.1, 0.15) is 5.69 Å². The molecule has 3 heterocycles. The molecule has 164 valence electrons. The molecule has 0 unspecified atom stereocenters. The van der Waals surface area contributed by atoms with E-state index in [4.69, 9.17) is 0 Å². The molecule has 3 aromatic heterocycles. The van der Waals surface area contributed by atoms with Crippen LogP contribution < -0.4 is 10.6 Å². The van der Waals surface area contributed by atoms with Crippen LogP contribution in [0.2, 0.25) is 0 Å². The molecule has 4 aromatic rings. The van der Waals surface area contributed by atoms with Gasteiger partial charge in [-0.15, -0.1) is 11.3 Å². The number of hydrogen-bond donors (Lipinski definition) is 2. The minimum atomic E-state index is -0.243. The maximum Gasteiger partial charge on any atom is 0.277 e. The fraction of sp³-hybridized carbons (Fsp3) is 0.333. The number of para-hydroxylation sites is 2. The number of anilines is 2. The first-order valence-corrected chi connectivity index (χ1v) is 12.0. The van der Waals surface area contributed by atoms with Crippen molar-refractivity contribution >= 4 is 39.4 Å². The maximum atomic E-state index is 13.0. The fourth-order valence-electron chi connectivity index (χ4n) is 4.20. The van der Waals surface area contributed by atoms with Crippen molar-refractivity contribution in [2.75, 3.05) is 10.6 Å². The number of rotatable bonds is 7. The van der Waals surface area contributed by atoms with Gasteiger partial charge in [0.05, 0.1) is 11.0 Å². The van der Waals surface area contributed by atoms with Gasteiger partial charge in [0.15, 0.2) is 5.13 Å². The molecule has 1 saturated carbocycles. The van der Waals surface area contributed by atoms with Gasteiger partial charge in [0.25, 0.3) is 5.91 Å². The average molecular weight is 447 g/mol. The Morgan fingerprint density at radius 2 is 1.91 bits per heavy atom. The third kappa shape index (κ3) is 4.65. The zero-order valence-electron chi connectivity index (χ0n) is 17.8. The van der Waals surface area contributed by atoms with E-state index in [1.54, 1.807) is 11.6 Å². The first-order chi connectivity index (χ1) is 15.8. The van der Waals surface area contributed by atoms with Crippen LogP contribution in [0.1, 0.15) is 48.3 Å². The number of aryl methyl sites for hydroxylation is 2. The van der Waals surface area contributed by atoms with E-state index in [2.05, 4.69) is 25.6 Å². The summed E-state index contributed by atoms with van der Waals surface area (Å²) in [4.78, 5) is 26.6. The molecule has 0 atom stereocenters. The van der Waals surface area contributed by atoms with Gasteiger partial charge in [-0.3, -0.25) is 15.1 Å². The largest absolute Gasteiger partial charge is 0.359 e. The lowest BCUT2D eigenvalue weighted by Crippen LogP contribution is -2.22. The first-order valence-electron chi connectivity index (χ1n) is 11.1. The first kappa shape index (κ1) is 20.6. The molecule has 32 heavy (non-hydrogen) atoms. The molecular weight excluding hydrogens is 420 g/mol. The lowest BCUT2D eigenvalue weighted by Gasteiger charge is -2.22. The van der Waals surface area contributed by atoms with E-state index in [1.165, 1.54) is 43.4 Å². The van der Waals surface area contributed by atoms with Gasteiger partial charge >= 0.3 is 0 Å². The number of amides is 1. The summed E-state index contributed by atoms with van der Waals surface area (Å²) < 4.78 is 2.04. The molecule has 1 aliphatic carbocycles. The van der Waals surface area contributed by atoms with Crippen LogP contribution in [0.5, 0.6) is 0 Å². The Kier molecular flexibility index (Phi) is 6.11. The van der Waals surface area contributed by atoms with Crippen LogP contribution in [-0.2, 0) is 13.0 Å².